The van der Waals surface area contributed by atoms with Gasteiger partial charge < -0.3 is 5.32 Å². The summed E-state index contributed by atoms with van der Waals surface area (Å²) in [7, 11) is 0. The highest BCUT2D eigenvalue weighted by Crippen LogP contribution is 2.41. The zero-order valence-corrected chi connectivity index (χ0v) is 12.1. The summed E-state index contributed by atoms with van der Waals surface area (Å²) >= 11 is 0. The molecule has 1 atom stereocenters. The van der Waals surface area contributed by atoms with Crippen LogP contribution in [0.25, 0.3) is 0 Å². The van der Waals surface area contributed by atoms with Crippen LogP contribution in [0, 0.1) is 18.7 Å². The fourth-order valence-electron chi connectivity index (χ4n) is 3.12. The van der Waals surface area contributed by atoms with E-state index >= 15 is 0 Å². The van der Waals surface area contributed by atoms with Crippen LogP contribution >= 0.6 is 0 Å². The number of halogens is 3. The van der Waals surface area contributed by atoms with E-state index in [1.54, 1.807) is 0 Å². The van der Waals surface area contributed by atoms with E-state index in [1.165, 1.54) is 12.1 Å². The van der Waals surface area contributed by atoms with Gasteiger partial charge >= 0.3 is 0 Å². The van der Waals surface area contributed by atoms with E-state index < -0.39 is 5.92 Å². The van der Waals surface area contributed by atoms with Crippen molar-refractivity contribution < 1.29 is 13.2 Å². The van der Waals surface area contributed by atoms with E-state index in [0.29, 0.717) is 12.8 Å². The van der Waals surface area contributed by atoms with Crippen LogP contribution in [0.4, 0.5) is 13.2 Å². The first-order valence-corrected chi connectivity index (χ1v) is 7.29. The van der Waals surface area contributed by atoms with E-state index in [-0.39, 0.29) is 30.6 Å². The largest absolute Gasteiger partial charge is 0.310 e. The fourth-order valence-corrected chi connectivity index (χ4v) is 3.12. The SMILES string of the molecule is CCNC(c1cc(C)cc(F)c1)C1CCC(F)(F)CC1. The molecule has 1 N–H and O–H groups in total. The highest BCUT2D eigenvalue weighted by molar-refractivity contribution is 5.27. The highest BCUT2D eigenvalue weighted by atomic mass is 19.3. The predicted molar refractivity (Wildman–Crippen MR) is 74.5 cm³/mol. The molecule has 2 rings (SSSR count). The maximum absolute atomic E-state index is 13.6. The summed E-state index contributed by atoms with van der Waals surface area (Å²) in [6.07, 6.45) is 0.849. The minimum atomic E-state index is -2.52. The molecule has 1 saturated carbocycles. The van der Waals surface area contributed by atoms with Crippen LogP contribution in [0.15, 0.2) is 18.2 Å². The van der Waals surface area contributed by atoms with E-state index in [1.807, 2.05) is 19.9 Å². The molecule has 0 amide bonds. The summed E-state index contributed by atoms with van der Waals surface area (Å²) < 4.78 is 40.1. The molecule has 1 aliphatic carbocycles. The van der Waals surface area contributed by atoms with Crippen molar-refractivity contribution in [2.75, 3.05) is 6.54 Å². The zero-order chi connectivity index (χ0) is 14.8. The zero-order valence-electron chi connectivity index (χ0n) is 12.1. The van der Waals surface area contributed by atoms with Crippen LogP contribution in [-0.4, -0.2) is 12.5 Å². The Balaban J connectivity index is 2.18. The van der Waals surface area contributed by atoms with Crippen LogP contribution in [0.2, 0.25) is 0 Å². The second kappa shape index (κ2) is 6.17. The minimum absolute atomic E-state index is 0.0366. The molecule has 1 aliphatic rings. The van der Waals surface area contributed by atoms with E-state index in [0.717, 1.165) is 17.7 Å². The molecule has 1 aromatic carbocycles. The third kappa shape index (κ3) is 3.75. The lowest BCUT2D eigenvalue weighted by Gasteiger charge is -2.34. The molecule has 0 aliphatic heterocycles. The van der Waals surface area contributed by atoms with Crippen LogP contribution in [0.1, 0.15) is 49.8 Å². The van der Waals surface area contributed by atoms with Gasteiger partial charge in [-0.2, -0.15) is 0 Å². The Bertz CT molecular complexity index is 429. The second-order valence-electron chi connectivity index (χ2n) is 5.79. The van der Waals surface area contributed by atoms with Gasteiger partial charge in [0.15, 0.2) is 0 Å². The van der Waals surface area contributed by atoms with Crippen molar-refractivity contribution in [3.05, 3.63) is 35.1 Å². The molecular formula is C16H22F3N. The first kappa shape index (κ1) is 15.4. The van der Waals surface area contributed by atoms with Crippen molar-refractivity contribution in [2.45, 2.75) is 51.5 Å². The molecule has 1 fully saturated rings. The van der Waals surface area contributed by atoms with Crippen molar-refractivity contribution in [3.63, 3.8) is 0 Å². The maximum Gasteiger partial charge on any atom is 0.248 e. The molecule has 0 heterocycles. The molecular weight excluding hydrogens is 263 g/mol. The van der Waals surface area contributed by atoms with Crippen molar-refractivity contribution in [1.82, 2.24) is 5.32 Å². The average Bonchev–Trinajstić information content (AvgIpc) is 2.35. The third-order valence-electron chi connectivity index (χ3n) is 4.08. The lowest BCUT2D eigenvalue weighted by molar-refractivity contribution is -0.0497. The number of aryl methyl sites for hydroxylation is 1. The van der Waals surface area contributed by atoms with E-state index in [4.69, 9.17) is 0 Å². The van der Waals surface area contributed by atoms with Gasteiger partial charge in [-0.15, -0.1) is 0 Å². The Morgan fingerprint density at radius 3 is 2.45 bits per heavy atom. The van der Waals surface area contributed by atoms with Gasteiger partial charge in [-0.25, -0.2) is 13.2 Å². The predicted octanol–water partition coefficient (Wildman–Crippen LogP) is 4.61. The summed E-state index contributed by atoms with van der Waals surface area (Å²) in [5.41, 5.74) is 1.74. The summed E-state index contributed by atoms with van der Waals surface area (Å²) in [5, 5.41) is 3.34. The van der Waals surface area contributed by atoms with Crippen molar-refractivity contribution in [3.8, 4) is 0 Å². The fraction of sp³-hybridized carbons (Fsp3) is 0.625. The molecule has 112 valence electrons. The quantitative estimate of drug-likeness (QED) is 0.851. The Morgan fingerprint density at radius 1 is 1.25 bits per heavy atom. The highest BCUT2D eigenvalue weighted by Gasteiger charge is 2.37. The number of alkyl halides is 2. The monoisotopic (exact) mass is 285 g/mol. The number of rotatable bonds is 4. The standard InChI is InChI=1S/C16H22F3N/c1-3-20-15(12-4-6-16(18,19)7-5-12)13-8-11(2)9-14(17)10-13/h8-10,12,15,20H,3-7H2,1-2H3. The Morgan fingerprint density at radius 2 is 1.90 bits per heavy atom. The first-order chi connectivity index (χ1) is 9.41. The van der Waals surface area contributed by atoms with E-state index in [9.17, 15) is 13.2 Å². The topological polar surface area (TPSA) is 12.0 Å². The molecule has 0 bridgehead atoms. The number of benzene rings is 1. The van der Waals surface area contributed by atoms with Gasteiger partial charge in [0.25, 0.3) is 0 Å². The molecule has 20 heavy (non-hydrogen) atoms. The average molecular weight is 285 g/mol. The second-order valence-corrected chi connectivity index (χ2v) is 5.79. The molecule has 1 nitrogen and oxygen atoms in total. The first-order valence-electron chi connectivity index (χ1n) is 7.29. The molecule has 0 aromatic heterocycles. The van der Waals surface area contributed by atoms with Gasteiger partial charge in [0.2, 0.25) is 5.92 Å². The molecule has 4 heteroatoms. The van der Waals surface area contributed by atoms with Crippen LogP contribution in [-0.2, 0) is 0 Å². The van der Waals surface area contributed by atoms with Crippen LogP contribution in [0.3, 0.4) is 0 Å². The summed E-state index contributed by atoms with van der Waals surface area (Å²) in [6, 6.07) is 4.92. The van der Waals surface area contributed by atoms with Crippen LogP contribution in [0.5, 0.6) is 0 Å². The molecule has 0 spiro atoms. The Labute approximate surface area is 118 Å². The van der Waals surface area contributed by atoms with Crippen molar-refractivity contribution in [1.29, 1.82) is 0 Å². The lowest BCUT2D eigenvalue weighted by Crippen LogP contribution is -2.34. The van der Waals surface area contributed by atoms with Gasteiger partial charge in [-0.3, -0.25) is 0 Å². The number of hydrogen-bond acceptors (Lipinski definition) is 1. The number of hydrogen-bond donors (Lipinski definition) is 1. The van der Waals surface area contributed by atoms with Gasteiger partial charge in [-0.1, -0.05) is 13.0 Å². The smallest absolute Gasteiger partial charge is 0.248 e. The van der Waals surface area contributed by atoms with E-state index in [2.05, 4.69) is 5.32 Å². The maximum atomic E-state index is 13.6. The Hall–Kier alpha value is -1.03. The Kier molecular flexibility index (Phi) is 4.74. The summed E-state index contributed by atoms with van der Waals surface area (Å²) in [6.45, 7) is 4.58. The normalized spacial score (nSPS) is 20.9. The lowest BCUT2D eigenvalue weighted by atomic mass is 9.79. The van der Waals surface area contributed by atoms with Crippen molar-refractivity contribution in [2.24, 2.45) is 5.92 Å². The van der Waals surface area contributed by atoms with Gasteiger partial charge in [0.1, 0.15) is 5.82 Å². The minimum Gasteiger partial charge on any atom is -0.310 e. The molecule has 1 unspecified atom stereocenters. The van der Waals surface area contributed by atoms with Gasteiger partial charge in [0.05, 0.1) is 0 Å². The summed E-state index contributed by atoms with van der Waals surface area (Å²) in [5.74, 6) is -2.63. The van der Waals surface area contributed by atoms with Gasteiger partial charge in [0, 0.05) is 18.9 Å². The number of nitrogens with one attached hydrogen (secondary N) is 1. The summed E-state index contributed by atoms with van der Waals surface area (Å²) in [4.78, 5) is 0. The molecule has 0 radical (unpaired) electrons. The van der Waals surface area contributed by atoms with Crippen LogP contribution < -0.4 is 5.32 Å². The molecule has 1 aromatic rings. The third-order valence-corrected chi connectivity index (χ3v) is 4.08. The van der Waals surface area contributed by atoms with Gasteiger partial charge in [-0.05, 0) is 55.5 Å². The van der Waals surface area contributed by atoms with Crippen molar-refractivity contribution >= 4 is 0 Å². The molecule has 0 saturated heterocycles.